The fourth-order valence-corrected chi connectivity index (χ4v) is 5.04. The van der Waals surface area contributed by atoms with Crippen LogP contribution in [0.5, 0.6) is 0 Å². The Hall–Kier alpha value is 0.950. The minimum Gasteiger partial charge on any atom is -0.317 e. The van der Waals surface area contributed by atoms with Crippen LogP contribution in [0, 0.1) is 0 Å². The summed E-state index contributed by atoms with van der Waals surface area (Å²) in [4.78, 5) is 0. The second-order valence-electron chi connectivity index (χ2n) is 3.21. The van der Waals surface area contributed by atoms with Gasteiger partial charge in [-0.3, -0.25) is 0 Å². The van der Waals surface area contributed by atoms with Crippen molar-refractivity contribution in [2.75, 3.05) is 24.6 Å². The van der Waals surface area contributed by atoms with Crippen LogP contribution in [0.15, 0.2) is 0 Å². The standard InChI is InChI=1S/C8H15NS2.ClH/c1-6-10-8(11-7-1)2-4-9-5-3-8;/h9H,1-7H2;1H. The average molecular weight is 226 g/mol. The zero-order valence-corrected chi connectivity index (χ0v) is 9.62. The first-order valence-electron chi connectivity index (χ1n) is 4.40. The topological polar surface area (TPSA) is 12.0 Å². The van der Waals surface area contributed by atoms with Gasteiger partial charge in [0.1, 0.15) is 0 Å². The highest BCUT2D eigenvalue weighted by molar-refractivity contribution is 8.18. The van der Waals surface area contributed by atoms with E-state index in [2.05, 4.69) is 28.8 Å². The summed E-state index contributed by atoms with van der Waals surface area (Å²) in [7, 11) is 0. The lowest BCUT2D eigenvalue weighted by atomic mass is 10.1. The third-order valence-electron chi connectivity index (χ3n) is 2.38. The van der Waals surface area contributed by atoms with Gasteiger partial charge in [-0.25, -0.2) is 0 Å². The van der Waals surface area contributed by atoms with Crippen LogP contribution in [0.3, 0.4) is 0 Å². The Morgan fingerprint density at radius 3 is 2.17 bits per heavy atom. The van der Waals surface area contributed by atoms with Gasteiger partial charge in [0.05, 0.1) is 4.08 Å². The van der Waals surface area contributed by atoms with Crippen molar-refractivity contribution in [2.45, 2.75) is 23.3 Å². The Morgan fingerprint density at radius 1 is 1.00 bits per heavy atom. The van der Waals surface area contributed by atoms with Crippen LogP contribution in [-0.2, 0) is 0 Å². The highest BCUT2D eigenvalue weighted by Gasteiger charge is 2.34. The summed E-state index contributed by atoms with van der Waals surface area (Å²) >= 11 is 4.42. The first-order chi connectivity index (χ1) is 5.41. The van der Waals surface area contributed by atoms with Gasteiger partial charge in [0, 0.05) is 0 Å². The van der Waals surface area contributed by atoms with E-state index in [-0.39, 0.29) is 12.4 Å². The number of hydrogen-bond acceptors (Lipinski definition) is 3. The Labute approximate surface area is 89.2 Å². The average Bonchev–Trinajstić information content (AvgIpc) is 2.07. The molecule has 2 rings (SSSR count). The van der Waals surface area contributed by atoms with Crippen molar-refractivity contribution in [1.29, 1.82) is 0 Å². The second kappa shape index (κ2) is 4.99. The van der Waals surface area contributed by atoms with Crippen molar-refractivity contribution in [1.82, 2.24) is 5.32 Å². The van der Waals surface area contributed by atoms with Gasteiger partial charge in [0.25, 0.3) is 0 Å². The molecule has 72 valence electrons. The monoisotopic (exact) mass is 225 g/mol. The molecular formula is C8H16ClNS2. The van der Waals surface area contributed by atoms with Gasteiger partial charge in [-0.1, -0.05) is 0 Å². The van der Waals surface area contributed by atoms with E-state index in [1.807, 2.05) is 0 Å². The number of halogens is 1. The molecule has 0 radical (unpaired) electrons. The van der Waals surface area contributed by atoms with Gasteiger partial charge < -0.3 is 5.32 Å². The summed E-state index contributed by atoms with van der Waals surface area (Å²) < 4.78 is 0.628. The molecule has 4 heteroatoms. The number of nitrogens with one attached hydrogen (secondary N) is 1. The molecule has 2 heterocycles. The molecule has 0 aromatic heterocycles. The van der Waals surface area contributed by atoms with Crippen molar-refractivity contribution >= 4 is 35.9 Å². The molecule has 0 bridgehead atoms. The largest absolute Gasteiger partial charge is 0.317 e. The van der Waals surface area contributed by atoms with E-state index in [9.17, 15) is 0 Å². The lowest BCUT2D eigenvalue weighted by Crippen LogP contribution is -2.38. The maximum Gasteiger partial charge on any atom is 0.0635 e. The number of hydrogen-bond donors (Lipinski definition) is 1. The molecule has 2 fully saturated rings. The van der Waals surface area contributed by atoms with E-state index in [1.165, 1.54) is 43.9 Å². The van der Waals surface area contributed by atoms with Crippen molar-refractivity contribution in [3.8, 4) is 0 Å². The predicted molar refractivity (Wildman–Crippen MR) is 61.6 cm³/mol. The summed E-state index contributed by atoms with van der Waals surface area (Å²) in [6.07, 6.45) is 4.18. The van der Waals surface area contributed by atoms with Crippen LogP contribution in [-0.4, -0.2) is 28.7 Å². The molecule has 1 N–H and O–H groups in total. The molecule has 0 aromatic carbocycles. The fraction of sp³-hybridized carbons (Fsp3) is 1.00. The van der Waals surface area contributed by atoms with Gasteiger partial charge >= 0.3 is 0 Å². The third-order valence-corrected chi connectivity index (χ3v) is 5.95. The van der Waals surface area contributed by atoms with Crippen LogP contribution in [0.4, 0.5) is 0 Å². The predicted octanol–water partition coefficient (Wildman–Crippen LogP) is 2.36. The molecule has 1 nitrogen and oxygen atoms in total. The molecule has 0 saturated carbocycles. The van der Waals surface area contributed by atoms with Crippen molar-refractivity contribution in [3.05, 3.63) is 0 Å². The van der Waals surface area contributed by atoms with E-state index in [0.717, 1.165) is 0 Å². The molecule has 0 atom stereocenters. The van der Waals surface area contributed by atoms with Gasteiger partial charge in [-0.05, 0) is 43.9 Å². The highest BCUT2D eigenvalue weighted by Crippen LogP contribution is 2.47. The van der Waals surface area contributed by atoms with Crippen molar-refractivity contribution in [2.24, 2.45) is 0 Å². The molecule has 12 heavy (non-hydrogen) atoms. The zero-order valence-electron chi connectivity index (χ0n) is 7.17. The maximum absolute atomic E-state index is 3.43. The van der Waals surface area contributed by atoms with Crippen molar-refractivity contribution in [3.63, 3.8) is 0 Å². The SMILES string of the molecule is C1CSC2(CCNCC2)SC1.Cl. The maximum atomic E-state index is 3.43. The Morgan fingerprint density at radius 2 is 1.58 bits per heavy atom. The quantitative estimate of drug-likeness (QED) is 0.680. The van der Waals surface area contributed by atoms with Gasteiger partial charge in [-0.15, -0.1) is 35.9 Å². The fourth-order valence-electron chi connectivity index (χ4n) is 1.71. The van der Waals surface area contributed by atoms with E-state index in [1.54, 1.807) is 0 Å². The van der Waals surface area contributed by atoms with E-state index in [4.69, 9.17) is 0 Å². The number of thioether (sulfide) groups is 2. The molecule has 0 aliphatic carbocycles. The zero-order chi connectivity index (χ0) is 7.57. The smallest absolute Gasteiger partial charge is 0.0635 e. The Balaban J connectivity index is 0.000000720. The normalized spacial score (nSPS) is 28.0. The molecule has 0 unspecified atom stereocenters. The van der Waals surface area contributed by atoms with Gasteiger partial charge in [-0.2, -0.15) is 0 Å². The van der Waals surface area contributed by atoms with E-state index >= 15 is 0 Å². The van der Waals surface area contributed by atoms with E-state index in [0.29, 0.717) is 4.08 Å². The summed E-state index contributed by atoms with van der Waals surface area (Å²) in [5, 5.41) is 3.43. The molecule has 2 aliphatic rings. The van der Waals surface area contributed by atoms with Crippen LogP contribution in [0.25, 0.3) is 0 Å². The first kappa shape index (κ1) is 11.0. The lowest BCUT2D eigenvalue weighted by Gasteiger charge is -2.39. The Kier molecular flexibility index (Phi) is 4.58. The van der Waals surface area contributed by atoms with Gasteiger partial charge in [0.15, 0.2) is 0 Å². The molecule has 2 aliphatic heterocycles. The van der Waals surface area contributed by atoms with Crippen LogP contribution >= 0.6 is 35.9 Å². The molecule has 1 spiro atoms. The molecule has 0 amide bonds. The number of rotatable bonds is 0. The minimum absolute atomic E-state index is 0. The third kappa shape index (κ3) is 2.47. The van der Waals surface area contributed by atoms with Crippen LogP contribution in [0.1, 0.15) is 19.3 Å². The summed E-state index contributed by atoms with van der Waals surface area (Å²) in [6.45, 7) is 2.47. The van der Waals surface area contributed by atoms with E-state index < -0.39 is 0 Å². The minimum atomic E-state index is 0. The summed E-state index contributed by atoms with van der Waals surface area (Å²) in [5.74, 6) is 2.79. The van der Waals surface area contributed by atoms with Crippen LogP contribution < -0.4 is 5.32 Å². The number of piperidine rings is 1. The Bertz CT molecular complexity index is 112. The molecular weight excluding hydrogens is 210 g/mol. The van der Waals surface area contributed by atoms with Gasteiger partial charge in [0.2, 0.25) is 0 Å². The second-order valence-corrected chi connectivity index (χ2v) is 6.43. The highest BCUT2D eigenvalue weighted by atomic mass is 35.5. The molecule has 0 aromatic rings. The molecule has 2 saturated heterocycles. The summed E-state index contributed by atoms with van der Waals surface area (Å²) in [5.41, 5.74) is 0. The lowest BCUT2D eigenvalue weighted by molar-refractivity contribution is 0.505. The first-order valence-corrected chi connectivity index (χ1v) is 6.37. The van der Waals surface area contributed by atoms with Crippen LogP contribution in [0.2, 0.25) is 0 Å². The van der Waals surface area contributed by atoms with Crippen molar-refractivity contribution < 1.29 is 0 Å². The summed E-state index contributed by atoms with van der Waals surface area (Å²) in [6, 6.07) is 0.